The van der Waals surface area contributed by atoms with Crippen LogP contribution in [0.2, 0.25) is 0 Å². The van der Waals surface area contributed by atoms with E-state index in [9.17, 15) is 4.79 Å². The molecule has 0 atom stereocenters. The van der Waals surface area contributed by atoms with Crippen LogP contribution in [-0.4, -0.2) is 18.7 Å². The molecule has 88 valence electrons. The van der Waals surface area contributed by atoms with E-state index in [4.69, 9.17) is 9.47 Å². The fourth-order valence-electron chi connectivity index (χ4n) is 1.27. The molecule has 1 aromatic carbocycles. The molecule has 3 heteroatoms. The van der Waals surface area contributed by atoms with Crippen LogP contribution >= 0.6 is 0 Å². The molecule has 0 bridgehead atoms. The molecule has 1 aromatic rings. The Bertz CT molecular complexity index is 306. The number of benzene rings is 1. The Labute approximate surface area is 96.4 Å². The Morgan fingerprint density at radius 2 is 1.94 bits per heavy atom. The Morgan fingerprint density at radius 3 is 2.56 bits per heavy atom. The summed E-state index contributed by atoms with van der Waals surface area (Å²) in [6, 6.07) is 9.99. The molecule has 0 radical (unpaired) electrons. The highest BCUT2D eigenvalue weighted by atomic mass is 16.5. The molecule has 0 aromatic heterocycles. The summed E-state index contributed by atoms with van der Waals surface area (Å²) < 4.78 is 10.4. The van der Waals surface area contributed by atoms with Crippen LogP contribution in [0.25, 0.3) is 0 Å². The number of hydrogen-bond donors (Lipinski definition) is 0. The number of carbonyl (C=O) groups is 1. The molecule has 0 aliphatic carbocycles. The molecular formula is C13H18O3. The maximum absolute atomic E-state index is 10.2. The molecule has 0 saturated carbocycles. The SMILES string of the molecule is CC(C)(CCOCc1ccccc1)OC=O. The normalized spacial score (nSPS) is 11.1. The van der Waals surface area contributed by atoms with E-state index in [1.54, 1.807) is 0 Å². The van der Waals surface area contributed by atoms with Crippen LogP contribution in [0.5, 0.6) is 0 Å². The van der Waals surface area contributed by atoms with Crippen LogP contribution in [0.1, 0.15) is 25.8 Å². The van der Waals surface area contributed by atoms with Crippen molar-refractivity contribution in [1.29, 1.82) is 0 Å². The van der Waals surface area contributed by atoms with E-state index in [1.807, 2.05) is 44.2 Å². The molecule has 3 nitrogen and oxygen atoms in total. The topological polar surface area (TPSA) is 35.5 Å². The quantitative estimate of drug-likeness (QED) is 0.525. The maximum atomic E-state index is 10.2. The number of rotatable bonds is 7. The summed E-state index contributed by atoms with van der Waals surface area (Å²) in [6.07, 6.45) is 0.693. The summed E-state index contributed by atoms with van der Waals surface area (Å²) in [7, 11) is 0. The predicted molar refractivity (Wildman–Crippen MR) is 61.9 cm³/mol. The zero-order valence-corrected chi connectivity index (χ0v) is 9.81. The highest BCUT2D eigenvalue weighted by molar-refractivity contribution is 5.38. The first-order valence-corrected chi connectivity index (χ1v) is 5.37. The Balaban J connectivity index is 2.19. The van der Waals surface area contributed by atoms with Crippen molar-refractivity contribution in [3.8, 4) is 0 Å². The number of hydrogen-bond acceptors (Lipinski definition) is 3. The lowest BCUT2D eigenvalue weighted by Crippen LogP contribution is -2.25. The molecule has 1 rings (SSSR count). The zero-order valence-electron chi connectivity index (χ0n) is 9.81. The van der Waals surface area contributed by atoms with E-state index in [-0.39, 0.29) is 0 Å². The minimum Gasteiger partial charge on any atom is -0.462 e. The van der Waals surface area contributed by atoms with Gasteiger partial charge in [0.2, 0.25) is 0 Å². The molecule has 0 saturated heterocycles. The van der Waals surface area contributed by atoms with Gasteiger partial charge in [0, 0.05) is 6.42 Å². The average molecular weight is 222 g/mol. The van der Waals surface area contributed by atoms with E-state index in [1.165, 1.54) is 0 Å². The largest absolute Gasteiger partial charge is 0.462 e. The lowest BCUT2D eigenvalue weighted by atomic mass is 10.1. The van der Waals surface area contributed by atoms with Crippen LogP contribution in [0, 0.1) is 0 Å². The van der Waals surface area contributed by atoms with E-state index in [0.717, 1.165) is 5.56 Å². The van der Waals surface area contributed by atoms with Crippen LogP contribution in [0.4, 0.5) is 0 Å². The van der Waals surface area contributed by atoms with E-state index >= 15 is 0 Å². The predicted octanol–water partition coefficient (Wildman–Crippen LogP) is 2.54. The van der Waals surface area contributed by atoms with Crippen molar-refractivity contribution in [3.63, 3.8) is 0 Å². The standard InChI is InChI=1S/C13H18O3/c1-13(2,16-11-14)8-9-15-10-12-6-4-3-5-7-12/h3-7,11H,8-10H2,1-2H3. The van der Waals surface area contributed by atoms with Gasteiger partial charge in [0.25, 0.3) is 6.47 Å². The van der Waals surface area contributed by atoms with Crippen LogP contribution in [0.15, 0.2) is 30.3 Å². The first kappa shape index (κ1) is 12.7. The third-order valence-electron chi connectivity index (χ3n) is 2.33. The van der Waals surface area contributed by atoms with Crippen molar-refractivity contribution in [2.24, 2.45) is 0 Å². The highest BCUT2D eigenvalue weighted by Crippen LogP contribution is 2.13. The second-order valence-corrected chi connectivity index (χ2v) is 4.26. The van der Waals surface area contributed by atoms with Gasteiger partial charge >= 0.3 is 0 Å². The summed E-state index contributed by atoms with van der Waals surface area (Å²) in [5.41, 5.74) is 0.704. The van der Waals surface area contributed by atoms with Crippen molar-refractivity contribution in [2.75, 3.05) is 6.61 Å². The molecule has 0 spiro atoms. The van der Waals surface area contributed by atoms with Gasteiger partial charge in [-0.2, -0.15) is 0 Å². The fraction of sp³-hybridized carbons (Fsp3) is 0.462. The average Bonchev–Trinajstić information content (AvgIpc) is 2.26. The molecule has 0 heterocycles. The van der Waals surface area contributed by atoms with Crippen molar-refractivity contribution in [2.45, 2.75) is 32.5 Å². The van der Waals surface area contributed by atoms with Crippen molar-refractivity contribution >= 4 is 6.47 Å². The van der Waals surface area contributed by atoms with Gasteiger partial charge in [0.1, 0.15) is 5.60 Å². The number of ether oxygens (including phenoxy) is 2. The highest BCUT2D eigenvalue weighted by Gasteiger charge is 2.17. The zero-order chi connectivity index (χ0) is 11.9. The summed E-state index contributed by atoms with van der Waals surface area (Å²) in [4.78, 5) is 10.2. The van der Waals surface area contributed by atoms with Gasteiger partial charge in [0.05, 0.1) is 13.2 Å². The molecule has 0 aliphatic rings. The molecule has 0 fully saturated rings. The second-order valence-electron chi connectivity index (χ2n) is 4.26. The second kappa shape index (κ2) is 6.28. The summed E-state index contributed by atoms with van der Waals surface area (Å²) in [5.74, 6) is 0. The Kier molecular flexibility index (Phi) is 4.99. The first-order valence-electron chi connectivity index (χ1n) is 5.37. The molecule has 0 N–H and O–H groups in total. The van der Waals surface area contributed by atoms with Gasteiger partial charge in [-0.15, -0.1) is 0 Å². The Morgan fingerprint density at radius 1 is 1.25 bits per heavy atom. The maximum Gasteiger partial charge on any atom is 0.293 e. The molecule has 16 heavy (non-hydrogen) atoms. The van der Waals surface area contributed by atoms with Gasteiger partial charge in [-0.1, -0.05) is 30.3 Å². The Hall–Kier alpha value is -1.35. The van der Waals surface area contributed by atoms with E-state index in [2.05, 4.69) is 0 Å². The smallest absolute Gasteiger partial charge is 0.293 e. The third kappa shape index (κ3) is 4.94. The van der Waals surface area contributed by atoms with Gasteiger partial charge in [-0.25, -0.2) is 0 Å². The summed E-state index contributed by atoms with van der Waals surface area (Å²) in [5, 5.41) is 0. The summed E-state index contributed by atoms with van der Waals surface area (Å²) >= 11 is 0. The van der Waals surface area contributed by atoms with Crippen molar-refractivity contribution < 1.29 is 14.3 Å². The van der Waals surface area contributed by atoms with Gasteiger partial charge in [-0.3, -0.25) is 4.79 Å². The van der Waals surface area contributed by atoms with Crippen molar-refractivity contribution in [3.05, 3.63) is 35.9 Å². The summed E-state index contributed by atoms with van der Waals surface area (Å²) in [6.45, 7) is 5.39. The third-order valence-corrected chi connectivity index (χ3v) is 2.33. The van der Waals surface area contributed by atoms with Gasteiger partial charge in [-0.05, 0) is 19.4 Å². The lowest BCUT2D eigenvalue weighted by Gasteiger charge is -2.22. The van der Waals surface area contributed by atoms with Crippen molar-refractivity contribution in [1.82, 2.24) is 0 Å². The first-order chi connectivity index (χ1) is 7.64. The van der Waals surface area contributed by atoms with Crippen LogP contribution in [0.3, 0.4) is 0 Å². The lowest BCUT2D eigenvalue weighted by molar-refractivity contribution is -0.141. The minimum absolute atomic E-state index is 0.446. The van der Waals surface area contributed by atoms with E-state index < -0.39 is 5.60 Å². The molecule has 0 unspecified atom stereocenters. The fourth-order valence-corrected chi connectivity index (χ4v) is 1.27. The molecule has 0 amide bonds. The van der Waals surface area contributed by atoms with E-state index in [0.29, 0.717) is 26.1 Å². The van der Waals surface area contributed by atoms with Crippen LogP contribution in [-0.2, 0) is 20.9 Å². The molecule has 0 aliphatic heterocycles. The van der Waals surface area contributed by atoms with Gasteiger partial charge < -0.3 is 9.47 Å². The van der Waals surface area contributed by atoms with Gasteiger partial charge in [0.15, 0.2) is 0 Å². The monoisotopic (exact) mass is 222 g/mol. The molecular weight excluding hydrogens is 204 g/mol. The number of carbonyl (C=O) groups excluding carboxylic acids is 1. The van der Waals surface area contributed by atoms with Crippen LogP contribution < -0.4 is 0 Å². The minimum atomic E-state index is -0.446.